The summed E-state index contributed by atoms with van der Waals surface area (Å²) < 4.78 is 33.3. The molecular weight excluding hydrogens is 464 g/mol. The zero-order valence-corrected chi connectivity index (χ0v) is 21.4. The van der Waals surface area contributed by atoms with Crippen molar-refractivity contribution in [2.24, 2.45) is 0 Å². The molecule has 0 bridgehead atoms. The molecule has 1 N–H and O–H groups in total. The van der Waals surface area contributed by atoms with E-state index in [4.69, 9.17) is 4.74 Å². The predicted molar refractivity (Wildman–Crippen MR) is 137 cm³/mol. The molecule has 0 aliphatic carbocycles. The van der Waals surface area contributed by atoms with Crippen LogP contribution < -0.4 is 9.62 Å². The highest BCUT2D eigenvalue weighted by molar-refractivity contribution is 7.92. The lowest BCUT2D eigenvalue weighted by molar-refractivity contribution is -0.114. The van der Waals surface area contributed by atoms with Crippen molar-refractivity contribution in [2.45, 2.75) is 39.5 Å². The molecule has 0 aliphatic heterocycles. The molecule has 0 atom stereocenters. The Kier molecular flexibility index (Phi) is 7.96. The first-order chi connectivity index (χ1) is 16.5. The average Bonchev–Trinajstić information content (AvgIpc) is 2.78. The van der Waals surface area contributed by atoms with Gasteiger partial charge in [0, 0.05) is 5.69 Å². The molecule has 0 spiro atoms. The van der Waals surface area contributed by atoms with Gasteiger partial charge in [0.25, 0.3) is 10.0 Å². The van der Waals surface area contributed by atoms with Gasteiger partial charge in [-0.3, -0.25) is 9.10 Å². The van der Waals surface area contributed by atoms with Gasteiger partial charge in [-0.15, -0.1) is 0 Å². The number of esters is 1. The highest BCUT2D eigenvalue weighted by atomic mass is 32.2. The van der Waals surface area contributed by atoms with Crippen molar-refractivity contribution >= 4 is 33.3 Å². The first-order valence-electron chi connectivity index (χ1n) is 11.3. The fraction of sp³-hybridized carbons (Fsp3) is 0.259. The van der Waals surface area contributed by atoms with Crippen molar-refractivity contribution in [1.82, 2.24) is 0 Å². The lowest BCUT2D eigenvalue weighted by atomic mass is 10.1. The number of carbonyl (C=O) groups excluding carboxylic acids is 2. The van der Waals surface area contributed by atoms with Crippen LogP contribution in [0.5, 0.6) is 0 Å². The Morgan fingerprint density at radius 2 is 1.49 bits per heavy atom. The Hall–Kier alpha value is -3.65. The number of nitrogens with zero attached hydrogens (tertiary/aromatic N) is 1. The summed E-state index contributed by atoms with van der Waals surface area (Å²) >= 11 is 0. The van der Waals surface area contributed by atoms with Gasteiger partial charge in [0.1, 0.15) is 6.54 Å². The topological polar surface area (TPSA) is 92.8 Å². The highest BCUT2D eigenvalue weighted by Gasteiger charge is 2.28. The second kappa shape index (κ2) is 10.7. The van der Waals surface area contributed by atoms with Crippen LogP contribution in [0.15, 0.2) is 65.6 Å². The van der Waals surface area contributed by atoms with Gasteiger partial charge in [-0.1, -0.05) is 23.8 Å². The lowest BCUT2D eigenvalue weighted by Crippen LogP contribution is -2.38. The van der Waals surface area contributed by atoms with Crippen LogP contribution in [-0.2, 0) is 19.6 Å². The number of nitrogens with one attached hydrogen (secondary N) is 1. The van der Waals surface area contributed by atoms with Crippen LogP contribution in [0.3, 0.4) is 0 Å². The van der Waals surface area contributed by atoms with Gasteiger partial charge in [-0.25, -0.2) is 13.2 Å². The molecule has 0 saturated heterocycles. The van der Waals surface area contributed by atoms with Crippen LogP contribution >= 0.6 is 0 Å². The molecule has 0 radical (unpaired) electrons. The van der Waals surface area contributed by atoms with Gasteiger partial charge in [0.05, 0.1) is 22.8 Å². The van der Waals surface area contributed by atoms with E-state index in [2.05, 4.69) is 5.32 Å². The van der Waals surface area contributed by atoms with E-state index in [1.807, 2.05) is 26.8 Å². The number of anilines is 2. The number of hydrogen-bond donors (Lipinski definition) is 1. The number of sulfonamides is 1. The Morgan fingerprint density at radius 1 is 0.857 bits per heavy atom. The Labute approximate surface area is 206 Å². The van der Waals surface area contributed by atoms with Crippen LogP contribution in [-0.4, -0.2) is 33.4 Å². The van der Waals surface area contributed by atoms with E-state index in [9.17, 15) is 18.0 Å². The van der Waals surface area contributed by atoms with E-state index >= 15 is 0 Å². The van der Waals surface area contributed by atoms with Gasteiger partial charge in [0.2, 0.25) is 5.91 Å². The smallest absolute Gasteiger partial charge is 0.338 e. The van der Waals surface area contributed by atoms with Gasteiger partial charge in [-0.2, -0.15) is 0 Å². The molecule has 8 heteroatoms. The summed E-state index contributed by atoms with van der Waals surface area (Å²) in [6.07, 6.45) is 0. The zero-order valence-electron chi connectivity index (χ0n) is 20.6. The van der Waals surface area contributed by atoms with E-state index in [1.165, 1.54) is 12.1 Å². The van der Waals surface area contributed by atoms with Crippen molar-refractivity contribution in [1.29, 1.82) is 0 Å². The molecule has 0 saturated carbocycles. The van der Waals surface area contributed by atoms with Crippen LogP contribution in [0.25, 0.3) is 0 Å². The number of ether oxygens (including phenoxy) is 1. The maximum atomic E-state index is 13.6. The van der Waals surface area contributed by atoms with E-state index in [0.29, 0.717) is 22.5 Å². The first-order valence-corrected chi connectivity index (χ1v) is 12.7. The third kappa shape index (κ3) is 6.27. The summed E-state index contributed by atoms with van der Waals surface area (Å²) in [5.41, 5.74) is 4.62. The SMILES string of the molecule is CCOC(=O)c1ccc(NC(=O)CN(c2cc(C)cc(C)c2)S(=O)(=O)c2ccc(C)cc2)c(C)c1. The van der Waals surface area contributed by atoms with Crippen LogP contribution in [0.4, 0.5) is 11.4 Å². The summed E-state index contributed by atoms with van der Waals surface area (Å²) in [7, 11) is -4.01. The predicted octanol–water partition coefficient (Wildman–Crippen LogP) is 4.93. The first kappa shape index (κ1) is 26.0. The number of benzene rings is 3. The summed E-state index contributed by atoms with van der Waals surface area (Å²) in [6.45, 7) is 8.96. The fourth-order valence-electron chi connectivity index (χ4n) is 3.71. The van der Waals surface area contributed by atoms with E-state index in [1.54, 1.807) is 56.3 Å². The minimum atomic E-state index is -4.01. The van der Waals surface area contributed by atoms with Gasteiger partial charge < -0.3 is 10.1 Å². The molecule has 0 fully saturated rings. The van der Waals surface area contributed by atoms with Gasteiger partial charge >= 0.3 is 5.97 Å². The molecule has 7 nitrogen and oxygen atoms in total. The molecule has 0 aliphatic rings. The summed E-state index contributed by atoms with van der Waals surface area (Å²) in [5.74, 6) is -0.953. The molecular formula is C27H30N2O5S. The average molecular weight is 495 g/mol. The Balaban J connectivity index is 1.92. The molecule has 0 aromatic heterocycles. The third-order valence-electron chi connectivity index (χ3n) is 5.40. The van der Waals surface area contributed by atoms with Crippen molar-refractivity contribution < 1.29 is 22.7 Å². The van der Waals surface area contributed by atoms with Gasteiger partial charge in [0.15, 0.2) is 0 Å². The number of carbonyl (C=O) groups is 2. The fourth-order valence-corrected chi connectivity index (χ4v) is 5.12. The Bertz CT molecular complexity index is 1330. The monoisotopic (exact) mass is 494 g/mol. The molecule has 3 rings (SSSR count). The summed E-state index contributed by atoms with van der Waals surface area (Å²) in [6, 6.07) is 16.7. The van der Waals surface area contributed by atoms with Crippen molar-refractivity contribution in [2.75, 3.05) is 22.8 Å². The molecule has 0 heterocycles. The van der Waals surface area contributed by atoms with E-state index in [0.717, 1.165) is 21.0 Å². The summed E-state index contributed by atoms with van der Waals surface area (Å²) in [5, 5.41) is 2.77. The summed E-state index contributed by atoms with van der Waals surface area (Å²) in [4.78, 5) is 25.1. The van der Waals surface area contributed by atoms with Crippen molar-refractivity contribution in [3.63, 3.8) is 0 Å². The minimum Gasteiger partial charge on any atom is -0.462 e. The van der Waals surface area contributed by atoms with E-state index < -0.39 is 28.4 Å². The quantitative estimate of drug-likeness (QED) is 0.448. The number of rotatable bonds is 8. The van der Waals surface area contributed by atoms with E-state index in [-0.39, 0.29) is 11.5 Å². The maximum absolute atomic E-state index is 13.6. The number of aryl methyl sites for hydroxylation is 4. The standard InChI is InChI=1S/C27H30N2O5S/c1-6-34-27(31)22-9-12-25(21(5)16-22)28-26(30)17-29(23-14-19(3)13-20(4)15-23)35(32,33)24-10-7-18(2)8-11-24/h7-16H,6,17H2,1-5H3,(H,28,30). The van der Waals surface area contributed by atoms with Gasteiger partial charge in [-0.05, 0) is 93.8 Å². The van der Waals surface area contributed by atoms with Crippen LogP contribution in [0.2, 0.25) is 0 Å². The van der Waals surface area contributed by atoms with Crippen molar-refractivity contribution in [3.05, 3.63) is 88.5 Å². The maximum Gasteiger partial charge on any atom is 0.338 e. The Morgan fingerprint density at radius 3 is 2.06 bits per heavy atom. The normalized spacial score (nSPS) is 11.1. The van der Waals surface area contributed by atoms with Crippen LogP contribution in [0, 0.1) is 27.7 Å². The molecule has 0 unspecified atom stereocenters. The molecule has 3 aromatic rings. The third-order valence-corrected chi connectivity index (χ3v) is 7.19. The highest BCUT2D eigenvalue weighted by Crippen LogP contribution is 2.26. The second-order valence-electron chi connectivity index (χ2n) is 8.47. The molecule has 3 aromatic carbocycles. The minimum absolute atomic E-state index is 0.102. The second-order valence-corrected chi connectivity index (χ2v) is 10.3. The zero-order chi connectivity index (χ0) is 25.8. The molecule has 35 heavy (non-hydrogen) atoms. The largest absolute Gasteiger partial charge is 0.462 e. The van der Waals surface area contributed by atoms with Crippen molar-refractivity contribution in [3.8, 4) is 0 Å². The number of hydrogen-bond acceptors (Lipinski definition) is 5. The molecule has 184 valence electrons. The lowest BCUT2D eigenvalue weighted by Gasteiger charge is -2.25. The number of amides is 1. The molecule has 1 amide bonds. The van der Waals surface area contributed by atoms with Crippen LogP contribution in [0.1, 0.15) is 39.5 Å².